The number of carbonyl (C=O) groups is 1. The third-order valence-corrected chi connectivity index (χ3v) is 3.71. The zero-order valence-electron chi connectivity index (χ0n) is 13.1. The Bertz CT molecular complexity index is 513. The van der Waals surface area contributed by atoms with Gasteiger partial charge >= 0.3 is 5.97 Å². The Hall–Kier alpha value is -1.75. The minimum absolute atomic E-state index is 0.274. The van der Waals surface area contributed by atoms with Crippen molar-refractivity contribution in [2.75, 3.05) is 20.8 Å². The molecule has 0 aliphatic heterocycles. The van der Waals surface area contributed by atoms with E-state index in [2.05, 4.69) is 5.32 Å². The van der Waals surface area contributed by atoms with Crippen molar-refractivity contribution >= 4 is 5.97 Å². The summed E-state index contributed by atoms with van der Waals surface area (Å²) in [7, 11) is 3.17. The SMILES string of the molecule is CCOC(=O)C(C)(NC1CC1)c1ccc(OC)c(OC)c1. The Morgan fingerprint density at radius 2 is 1.95 bits per heavy atom. The van der Waals surface area contributed by atoms with Gasteiger partial charge in [-0.15, -0.1) is 0 Å². The van der Waals surface area contributed by atoms with Crippen molar-refractivity contribution in [3.8, 4) is 11.5 Å². The molecule has 0 heterocycles. The molecule has 1 atom stereocenters. The number of nitrogens with one attached hydrogen (secondary N) is 1. The van der Waals surface area contributed by atoms with Gasteiger partial charge in [-0.25, -0.2) is 4.79 Å². The van der Waals surface area contributed by atoms with E-state index in [0.717, 1.165) is 18.4 Å². The molecule has 1 aliphatic rings. The van der Waals surface area contributed by atoms with E-state index in [1.807, 2.05) is 26.0 Å². The van der Waals surface area contributed by atoms with Crippen LogP contribution < -0.4 is 14.8 Å². The largest absolute Gasteiger partial charge is 0.493 e. The van der Waals surface area contributed by atoms with Gasteiger partial charge in [0.15, 0.2) is 11.5 Å². The van der Waals surface area contributed by atoms with Gasteiger partial charge in [0, 0.05) is 6.04 Å². The fourth-order valence-corrected chi connectivity index (χ4v) is 2.32. The average Bonchev–Trinajstić information content (AvgIpc) is 3.30. The molecule has 1 aliphatic carbocycles. The average molecular weight is 293 g/mol. The van der Waals surface area contributed by atoms with E-state index >= 15 is 0 Å². The molecular formula is C16H23NO4. The molecule has 1 fully saturated rings. The van der Waals surface area contributed by atoms with Crippen LogP contribution in [0.5, 0.6) is 11.5 Å². The Morgan fingerprint density at radius 3 is 2.48 bits per heavy atom. The molecule has 0 saturated heterocycles. The topological polar surface area (TPSA) is 56.8 Å². The standard InChI is InChI=1S/C16H23NO4/c1-5-21-15(18)16(2,17-12-7-8-12)11-6-9-13(19-3)14(10-11)20-4/h6,9-10,12,17H,5,7-8H2,1-4H3. The summed E-state index contributed by atoms with van der Waals surface area (Å²) in [4.78, 5) is 12.4. The van der Waals surface area contributed by atoms with Gasteiger partial charge in [-0.05, 0) is 44.4 Å². The molecule has 116 valence electrons. The first-order chi connectivity index (χ1) is 10.0. The van der Waals surface area contributed by atoms with Gasteiger partial charge < -0.3 is 14.2 Å². The van der Waals surface area contributed by atoms with Crippen molar-refractivity contribution in [2.45, 2.75) is 38.3 Å². The Balaban J connectivity index is 2.37. The number of rotatable bonds is 7. The number of hydrogen-bond donors (Lipinski definition) is 1. The zero-order valence-corrected chi connectivity index (χ0v) is 13.1. The molecule has 5 nitrogen and oxygen atoms in total. The quantitative estimate of drug-likeness (QED) is 0.781. The molecule has 1 aromatic rings. The van der Waals surface area contributed by atoms with Crippen molar-refractivity contribution in [3.05, 3.63) is 23.8 Å². The van der Waals surface area contributed by atoms with Gasteiger partial charge in [-0.2, -0.15) is 0 Å². The van der Waals surface area contributed by atoms with Crippen molar-refractivity contribution < 1.29 is 19.0 Å². The second kappa shape index (κ2) is 6.35. The fraction of sp³-hybridized carbons (Fsp3) is 0.562. The number of methoxy groups -OCH3 is 2. The maximum absolute atomic E-state index is 12.4. The molecule has 0 bridgehead atoms. The lowest BCUT2D eigenvalue weighted by atomic mass is 9.91. The maximum Gasteiger partial charge on any atom is 0.330 e. The Morgan fingerprint density at radius 1 is 1.29 bits per heavy atom. The van der Waals surface area contributed by atoms with Gasteiger partial charge in [-0.3, -0.25) is 5.32 Å². The highest BCUT2D eigenvalue weighted by Crippen LogP contribution is 2.35. The molecule has 1 N–H and O–H groups in total. The predicted molar refractivity (Wildman–Crippen MR) is 79.7 cm³/mol. The minimum atomic E-state index is -0.878. The molecular weight excluding hydrogens is 270 g/mol. The summed E-state index contributed by atoms with van der Waals surface area (Å²) in [5, 5.41) is 3.39. The second-order valence-electron chi connectivity index (χ2n) is 5.33. The first-order valence-corrected chi connectivity index (χ1v) is 7.22. The lowest BCUT2D eigenvalue weighted by Gasteiger charge is -2.29. The van der Waals surface area contributed by atoms with Crippen LogP contribution >= 0.6 is 0 Å². The van der Waals surface area contributed by atoms with E-state index in [4.69, 9.17) is 14.2 Å². The summed E-state index contributed by atoms with van der Waals surface area (Å²) in [5.41, 5.74) is -0.0676. The number of hydrogen-bond acceptors (Lipinski definition) is 5. The first kappa shape index (κ1) is 15.6. The van der Waals surface area contributed by atoms with Crippen LogP contribution in [-0.4, -0.2) is 32.8 Å². The Labute approximate surface area is 125 Å². The maximum atomic E-state index is 12.4. The second-order valence-corrected chi connectivity index (χ2v) is 5.33. The molecule has 0 radical (unpaired) electrons. The van der Waals surface area contributed by atoms with Gasteiger partial charge in [0.1, 0.15) is 5.54 Å². The van der Waals surface area contributed by atoms with Crippen LogP contribution in [0.2, 0.25) is 0 Å². The molecule has 0 amide bonds. The van der Waals surface area contributed by atoms with Crippen LogP contribution in [0.15, 0.2) is 18.2 Å². The summed E-state index contributed by atoms with van der Waals surface area (Å²) >= 11 is 0. The highest BCUT2D eigenvalue weighted by Gasteiger charge is 2.41. The zero-order chi connectivity index (χ0) is 15.5. The first-order valence-electron chi connectivity index (χ1n) is 7.22. The normalized spacial score (nSPS) is 17.0. The molecule has 5 heteroatoms. The number of carbonyl (C=O) groups excluding carboxylic acids is 1. The molecule has 21 heavy (non-hydrogen) atoms. The van der Waals surface area contributed by atoms with Crippen molar-refractivity contribution in [1.29, 1.82) is 0 Å². The van der Waals surface area contributed by atoms with Crippen LogP contribution in [0.1, 0.15) is 32.3 Å². The molecule has 1 unspecified atom stereocenters. The summed E-state index contributed by atoms with van der Waals surface area (Å²) in [6.45, 7) is 4.02. The number of ether oxygens (including phenoxy) is 3. The van der Waals surface area contributed by atoms with Crippen molar-refractivity contribution in [2.24, 2.45) is 0 Å². The van der Waals surface area contributed by atoms with Gasteiger partial charge in [-0.1, -0.05) is 6.07 Å². The summed E-state index contributed by atoms with van der Waals surface area (Å²) in [6, 6.07) is 5.87. The summed E-state index contributed by atoms with van der Waals surface area (Å²) < 4.78 is 15.8. The van der Waals surface area contributed by atoms with Crippen LogP contribution in [0.25, 0.3) is 0 Å². The van der Waals surface area contributed by atoms with E-state index in [-0.39, 0.29) is 5.97 Å². The van der Waals surface area contributed by atoms with E-state index in [1.165, 1.54) is 0 Å². The van der Waals surface area contributed by atoms with Crippen LogP contribution in [0, 0.1) is 0 Å². The lowest BCUT2D eigenvalue weighted by molar-refractivity contribution is -0.151. The van der Waals surface area contributed by atoms with E-state index in [0.29, 0.717) is 24.1 Å². The molecule has 0 aromatic heterocycles. The third kappa shape index (κ3) is 3.29. The highest BCUT2D eigenvalue weighted by molar-refractivity contribution is 5.82. The number of benzene rings is 1. The lowest BCUT2D eigenvalue weighted by Crippen LogP contribution is -2.48. The summed E-state index contributed by atoms with van der Waals surface area (Å²) in [6.07, 6.45) is 2.17. The van der Waals surface area contributed by atoms with Crippen molar-refractivity contribution in [3.63, 3.8) is 0 Å². The third-order valence-electron chi connectivity index (χ3n) is 3.71. The molecule has 1 aromatic carbocycles. The van der Waals surface area contributed by atoms with Gasteiger partial charge in [0.05, 0.1) is 20.8 Å². The molecule has 0 spiro atoms. The van der Waals surface area contributed by atoms with Gasteiger partial charge in [0.2, 0.25) is 0 Å². The van der Waals surface area contributed by atoms with Crippen LogP contribution in [0.4, 0.5) is 0 Å². The van der Waals surface area contributed by atoms with E-state index in [1.54, 1.807) is 20.3 Å². The van der Waals surface area contributed by atoms with E-state index in [9.17, 15) is 4.79 Å². The van der Waals surface area contributed by atoms with Crippen molar-refractivity contribution in [1.82, 2.24) is 5.32 Å². The Kier molecular flexibility index (Phi) is 4.73. The van der Waals surface area contributed by atoms with Crippen LogP contribution in [-0.2, 0) is 15.1 Å². The minimum Gasteiger partial charge on any atom is -0.493 e. The highest BCUT2D eigenvalue weighted by atomic mass is 16.5. The van der Waals surface area contributed by atoms with Crippen LogP contribution in [0.3, 0.4) is 0 Å². The predicted octanol–water partition coefficient (Wildman–Crippen LogP) is 2.23. The number of esters is 1. The van der Waals surface area contributed by atoms with Gasteiger partial charge in [0.25, 0.3) is 0 Å². The van der Waals surface area contributed by atoms with E-state index < -0.39 is 5.54 Å². The fourth-order valence-electron chi connectivity index (χ4n) is 2.32. The molecule has 1 saturated carbocycles. The summed E-state index contributed by atoms with van der Waals surface area (Å²) in [5.74, 6) is 0.964. The monoisotopic (exact) mass is 293 g/mol. The smallest absolute Gasteiger partial charge is 0.330 e. The molecule has 2 rings (SSSR count).